The van der Waals surface area contributed by atoms with Crippen LogP contribution in [0.3, 0.4) is 0 Å². The van der Waals surface area contributed by atoms with Crippen LogP contribution in [0, 0.1) is 5.92 Å². The monoisotopic (exact) mass is 334 g/mol. The Morgan fingerprint density at radius 1 is 0.920 bits per heavy atom. The largest absolute Gasteiger partial charge is 0.326 e. The number of likely N-dealkylation sites (tertiary alicyclic amines) is 1. The average molecular weight is 334 g/mol. The fraction of sp³-hybridized carbons (Fsp3) is 0.409. The highest BCUT2D eigenvalue weighted by Crippen LogP contribution is 2.36. The topological polar surface area (TPSA) is 32.3 Å². The SMILES string of the molecule is O=C(Nc1ccccc1)C1CCN([C@H]2CCCc3ccccc32)CC1. The minimum absolute atomic E-state index is 0.135. The summed E-state index contributed by atoms with van der Waals surface area (Å²) in [5.41, 5.74) is 3.93. The van der Waals surface area contributed by atoms with Crippen LogP contribution in [0.4, 0.5) is 5.69 Å². The molecule has 3 heteroatoms. The minimum Gasteiger partial charge on any atom is -0.326 e. The van der Waals surface area contributed by atoms with Gasteiger partial charge in [-0.1, -0.05) is 42.5 Å². The first-order valence-corrected chi connectivity index (χ1v) is 9.49. The van der Waals surface area contributed by atoms with Crippen molar-refractivity contribution < 1.29 is 4.79 Å². The van der Waals surface area contributed by atoms with E-state index in [0.29, 0.717) is 6.04 Å². The van der Waals surface area contributed by atoms with Gasteiger partial charge in [0.15, 0.2) is 0 Å². The molecule has 130 valence electrons. The maximum atomic E-state index is 12.5. The molecule has 1 atom stereocenters. The van der Waals surface area contributed by atoms with E-state index in [-0.39, 0.29) is 11.8 Å². The number of nitrogens with one attached hydrogen (secondary N) is 1. The first-order valence-electron chi connectivity index (χ1n) is 9.49. The van der Waals surface area contributed by atoms with Crippen molar-refractivity contribution >= 4 is 11.6 Å². The molecule has 1 amide bonds. The quantitative estimate of drug-likeness (QED) is 0.901. The minimum atomic E-state index is 0.135. The molecule has 1 saturated heterocycles. The summed E-state index contributed by atoms with van der Waals surface area (Å²) in [5, 5.41) is 3.06. The second-order valence-corrected chi connectivity index (χ2v) is 7.27. The van der Waals surface area contributed by atoms with Gasteiger partial charge >= 0.3 is 0 Å². The second-order valence-electron chi connectivity index (χ2n) is 7.27. The van der Waals surface area contributed by atoms with Crippen LogP contribution < -0.4 is 5.32 Å². The molecule has 1 aliphatic heterocycles. The van der Waals surface area contributed by atoms with E-state index in [1.54, 1.807) is 0 Å². The summed E-state index contributed by atoms with van der Waals surface area (Å²) in [6, 6.07) is 19.2. The van der Waals surface area contributed by atoms with Crippen LogP contribution in [-0.2, 0) is 11.2 Å². The van der Waals surface area contributed by atoms with Crippen molar-refractivity contribution in [2.45, 2.75) is 38.1 Å². The Labute approximate surface area is 150 Å². The number of carbonyl (C=O) groups is 1. The Kier molecular flexibility index (Phi) is 4.84. The third-order valence-electron chi connectivity index (χ3n) is 5.72. The third-order valence-corrected chi connectivity index (χ3v) is 5.72. The highest BCUT2D eigenvalue weighted by Gasteiger charge is 2.31. The lowest BCUT2D eigenvalue weighted by Gasteiger charge is -2.40. The van der Waals surface area contributed by atoms with Gasteiger partial charge in [-0.3, -0.25) is 9.69 Å². The van der Waals surface area contributed by atoms with Gasteiger partial charge in [0.05, 0.1) is 0 Å². The smallest absolute Gasteiger partial charge is 0.227 e. The van der Waals surface area contributed by atoms with E-state index in [9.17, 15) is 4.79 Å². The number of rotatable bonds is 3. The maximum Gasteiger partial charge on any atom is 0.227 e. The molecular formula is C22H26N2O. The van der Waals surface area contributed by atoms with E-state index < -0.39 is 0 Å². The lowest BCUT2D eigenvalue weighted by atomic mass is 9.85. The van der Waals surface area contributed by atoms with Crippen LogP contribution in [0.25, 0.3) is 0 Å². The fourth-order valence-corrected chi connectivity index (χ4v) is 4.35. The van der Waals surface area contributed by atoms with Gasteiger partial charge in [-0.05, 0) is 68.5 Å². The molecule has 0 radical (unpaired) electrons. The zero-order chi connectivity index (χ0) is 17.1. The summed E-state index contributed by atoms with van der Waals surface area (Å²) in [6.45, 7) is 2.04. The number of benzene rings is 2. The number of amides is 1. The molecule has 4 rings (SSSR count). The van der Waals surface area contributed by atoms with Crippen molar-refractivity contribution in [1.29, 1.82) is 0 Å². The third kappa shape index (κ3) is 3.62. The number of hydrogen-bond acceptors (Lipinski definition) is 2. The summed E-state index contributed by atoms with van der Waals surface area (Å²) in [7, 11) is 0. The standard InChI is InChI=1S/C22H26N2O/c25-22(23-19-9-2-1-3-10-19)18-13-15-24(16-14-18)21-12-6-8-17-7-4-5-11-20(17)21/h1-5,7,9-11,18,21H,6,8,12-16H2,(H,23,25)/t21-/m0/s1. The highest BCUT2D eigenvalue weighted by atomic mass is 16.1. The number of nitrogens with zero attached hydrogens (tertiary/aromatic N) is 1. The lowest BCUT2D eigenvalue weighted by molar-refractivity contribution is -0.121. The van der Waals surface area contributed by atoms with Crippen LogP contribution in [0.5, 0.6) is 0 Å². The summed E-state index contributed by atoms with van der Waals surface area (Å²) in [5.74, 6) is 0.310. The summed E-state index contributed by atoms with van der Waals surface area (Å²) in [4.78, 5) is 15.1. The first-order chi connectivity index (χ1) is 12.3. The second kappa shape index (κ2) is 7.40. The van der Waals surface area contributed by atoms with Crippen molar-refractivity contribution in [3.05, 3.63) is 65.7 Å². The average Bonchev–Trinajstić information content (AvgIpc) is 2.68. The summed E-state index contributed by atoms with van der Waals surface area (Å²) >= 11 is 0. The Balaban J connectivity index is 1.37. The molecule has 0 spiro atoms. The predicted molar refractivity (Wildman–Crippen MR) is 101 cm³/mol. The van der Waals surface area contributed by atoms with Gasteiger partial charge in [0.1, 0.15) is 0 Å². The van der Waals surface area contributed by atoms with E-state index >= 15 is 0 Å². The van der Waals surface area contributed by atoms with Crippen LogP contribution in [0.2, 0.25) is 0 Å². The molecule has 1 fully saturated rings. The number of piperidine rings is 1. The first kappa shape index (κ1) is 16.3. The molecule has 1 heterocycles. The van der Waals surface area contributed by atoms with E-state index in [4.69, 9.17) is 0 Å². The van der Waals surface area contributed by atoms with Crippen LogP contribution in [0.1, 0.15) is 42.9 Å². The Bertz CT molecular complexity index is 720. The normalized spacial score (nSPS) is 21.5. The Hall–Kier alpha value is -2.13. The number of para-hydroxylation sites is 1. The predicted octanol–water partition coefficient (Wildman–Crippen LogP) is 4.41. The molecule has 0 bridgehead atoms. The molecule has 0 saturated carbocycles. The molecule has 2 aromatic rings. The van der Waals surface area contributed by atoms with Crippen molar-refractivity contribution in [2.75, 3.05) is 18.4 Å². The van der Waals surface area contributed by atoms with Gasteiger partial charge in [-0.2, -0.15) is 0 Å². The van der Waals surface area contributed by atoms with Crippen LogP contribution >= 0.6 is 0 Å². The van der Waals surface area contributed by atoms with E-state index in [0.717, 1.165) is 31.6 Å². The number of anilines is 1. The molecular weight excluding hydrogens is 308 g/mol. The summed E-state index contributed by atoms with van der Waals surface area (Å²) < 4.78 is 0. The van der Waals surface area contributed by atoms with Gasteiger partial charge in [0, 0.05) is 17.6 Å². The molecule has 1 aliphatic carbocycles. The van der Waals surface area contributed by atoms with E-state index in [2.05, 4.69) is 34.5 Å². The van der Waals surface area contributed by atoms with Crippen molar-refractivity contribution in [3.63, 3.8) is 0 Å². The van der Waals surface area contributed by atoms with Gasteiger partial charge in [-0.15, -0.1) is 0 Å². The molecule has 2 aliphatic rings. The molecule has 2 aromatic carbocycles. The van der Waals surface area contributed by atoms with Crippen LogP contribution in [-0.4, -0.2) is 23.9 Å². The Morgan fingerprint density at radius 3 is 2.44 bits per heavy atom. The van der Waals surface area contributed by atoms with E-state index in [1.165, 1.54) is 30.4 Å². The summed E-state index contributed by atoms with van der Waals surface area (Å²) in [6.07, 6.45) is 5.64. The zero-order valence-corrected chi connectivity index (χ0v) is 14.7. The number of hydrogen-bond donors (Lipinski definition) is 1. The van der Waals surface area contributed by atoms with Crippen molar-refractivity contribution in [2.24, 2.45) is 5.92 Å². The van der Waals surface area contributed by atoms with Crippen molar-refractivity contribution in [1.82, 2.24) is 4.90 Å². The van der Waals surface area contributed by atoms with Gasteiger partial charge < -0.3 is 5.32 Å². The highest BCUT2D eigenvalue weighted by molar-refractivity contribution is 5.92. The van der Waals surface area contributed by atoms with Gasteiger partial charge in [-0.25, -0.2) is 0 Å². The Morgan fingerprint density at radius 2 is 1.64 bits per heavy atom. The van der Waals surface area contributed by atoms with Gasteiger partial charge in [0.25, 0.3) is 0 Å². The van der Waals surface area contributed by atoms with E-state index in [1.807, 2.05) is 30.3 Å². The molecule has 1 N–H and O–H groups in total. The molecule has 0 aromatic heterocycles. The molecule has 25 heavy (non-hydrogen) atoms. The zero-order valence-electron chi connectivity index (χ0n) is 14.7. The number of fused-ring (bicyclic) bond motifs is 1. The number of aryl methyl sites for hydroxylation is 1. The number of carbonyl (C=O) groups excluding carboxylic acids is 1. The molecule has 3 nitrogen and oxygen atoms in total. The fourth-order valence-electron chi connectivity index (χ4n) is 4.35. The lowest BCUT2D eigenvalue weighted by Crippen LogP contribution is -2.41. The van der Waals surface area contributed by atoms with Gasteiger partial charge in [0.2, 0.25) is 5.91 Å². The van der Waals surface area contributed by atoms with Crippen LogP contribution in [0.15, 0.2) is 54.6 Å². The molecule has 0 unspecified atom stereocenters. The maximum absolute atomic E-state index is 12.5. The van der Waals surface area contributed by atoms with Crippen molar-refractivity contribution in [3.8, 4) is 0 Å².